The van der Waals surface area contributed by atoms with Gasteiger partial charge < -0.3 is 15.4 Å². The van der Waals surface area contributed by atoms with Crippen LogP contribution >= 0.6 is 11.3 Å². The lowest BCUT2D eigenvalue weighted by molar-refractivity contribution is 0.0951. The van der Waals surface area contributed by atoms with Crippen LogP contribution in [0.25, 0.3) is 0 Å². The van der Waals surface area contributed by atoms with Crippen LogP contribution in [-0.2, 0) is 6.42 Å². The highest BCUT2D eigenvalue weighted by molar-refractivity contribution is 7.15. The molecule has 2 amide bonds. The van der Waals surface area contributed by atoms with E-state index in [4.69, 9.17) is 4.74 Å². The summed E-state index contributed by atoms with van der Waals surface area (Å²) in [5, 5.41) is 13.4. The van der Waals surface area contributed by atoms with Crippen LogP contribution in [0.4, 0.5) is 5.69 Å². The number of nitrogens with one attached hydrogen (secondary N) is 2. The largest absolute Gasteiger partial charge is 0.497 e. The zero-order chi connectivity index (χ0) is 19.8. The Morgan fingerprint density at radius 2 is 1.64 bits per heavy atom. The second kappa shape index (κ2) is 9.61. The summed E-state index contributed by atoms with van der Waals surface area (Å²) < 4.78 is 5.08. The molecule has 0 fully saturated rings. The lowest BCUT2D eigenvalue weighted by Crippen LogP contribution is -2.24. The number of carbonyl (C=O) groups is 2. The van der Waals surface area contributed by atoms with Crippen LogP contribution in [0, 0.1) is 0 Å². The lowest BCUT2D eigenvalue weighted by atomic mass is 10.1. The lowest BCUT2D eigenvalue weighted by Gasteiger charge is -2.04. The van der Waals surface area contributed by atoms with Crippen molar-refractivity contribution < 1.29 is 14.3 Å². The average molecular weight is 396 g/mol. The molecule has 0 spiro atoms. The molecule has 0 aliphatic heterocycles. The maximum Gasteiger partial charge on any atom is 0.286 e. The van der Waals surface area contributed by atoms with Crippen molar-refractivity contribution >= 4 is 28.8 Å². The summed E-state index contributed by atoms with van der Waals surface area (Å²) in [4.78, 5) is 24.4. The Morgan fingerprint density at radius 1 is 0.964 bits per heavy atom. The van der Waals surface area contributed by atoms with Crippen LogP contribution in [0.5, 0.6) is 5.75 Å². The van der Waals surface area contributed by atoms with Crippen LogP contribution in [0.15, 0.2) is 54.6 Å². The Balaban J connectivity index is 1.48. The van der Waals surface area contributed by atoms with E-state index in [-0.39, 0.29) is 15.9 Å². The minimum atomic E-state index is -0.411. The van der Waals surface area contributed by atoms with Crippen molar-refractivity contribution in [3.05, 3.63) is 70.2 Å². The fourth-order valence-electron chi connectivity index (χ4n) is 2.48. The molecule has 0 unspecified atom stereocenters. The monoisotopic (exact) mass is 396 g/mol. The smallest absolute Gasteiger partial charge is 0.286 e. The molecule has 1 heterocycles. The molecular formula is C20H20N4O3S. The van der Waals surface area contributed by atoms with Gasteiger partial charge in [0.05, 0.1) is 7.11 Å². The van der Waals surface area contributed by atoms with E-state index >= 15 is 0 Å². The quantitative estimate of drug-likeness (QED) is 0.571. The first-order chi connectivity index (χ1) is 13.7. The number of anilines is 1. The summed E-state index contributed by atoms with van der Waals surface area (Å²) in [6.07, 6.45) is 1.70. The number of hydrogen-bond donors (Lipinski definition) is 2. The first-order valence-corrected chi connectivity index (χ1v) is 9.58. The van der Waals surface area contributed by atoms with Gasteiger partial charge in [0.2, 0.25) is 10.0 Å². The molecule has 3 aromatic rings. The van der Waals surface area contributed by atoms with Gasteiger partial charge in [-0.25, -0.2) is 0 Å². The van der Waals surface area contributed by atoms with Gasteiger partial charge in [0.1, 0.15) is 5.75 Å². The van der Waals surface area contributed by atoms with E-state index in [2.05, 4.69) is 33.0 Å². The van der Waals surface area contributed by atoms with Crippen LogP contribution in [0.3, 0.4) is 0 Å². The van der Waals surface area contributed by atoms with Gasteiger partial charge in [-0.15, -0.1) is 10.2 Å². The summed E-state index contributed by atoms with van der Waals surface area (Å²) >= 11 is 0.959. The number of rotatable bonds is 8. The molecule has 1 aromatic heterocycles. The Labute approximate surface area is 166 Å². The topological polar surface area (TPSA) is 93.2 Å². The molecule has 2 N–H and O–H groups in total. The number of hydrogen-bond acceptors (Lipinski definition) is 6. The molecule has 0 saturated carbocycles. The molecule has 0 aliphatic rings. The fraction of sp³-hybridized carbons (Fsp3) is 0.200. The van der Waals surface area contributed by atoms with E-state index in [9.17, 15) is 9.59 Å². The molecule has 144 valence electrons. The van der Waals surface area contributed by atoms with E-state index in [1.54, 1.807) is 31.4 Å². The maximum absolute atomic E-state index is 12.3. The first kappa shape index (κ1) is 19.5. The number of methoxy groups -OCH3 is 1. The average Bonchev–Trinajstić information content (AvgIpc) is 3.23. The standard InChI is InChI=1S/C20H20N4O3S/c1-27-16-11-9-15(10-12-16)22-18(26)20-24-23-19(28-20)17(25)21-13-5-8-14-6-3-2-4-7-14/h2-4,6-7,9-12H,5,8,13H2,1H3,(H,21,25)(H,22,26). The number of amides is 2. The van der Waals surface area contributed by atoms with Gasteiger partial charge in [-0.2, -0.15) is 0 Å². The van der Waals surface area contributed by atoms with Gasteiger partial charge in [-0.05, 0) is 42.7 Å². The van der Waals surface area contributed by atoms with Gasteiger partial charge in [0, 0.05) is 12.2 Å². The third kappa shape index (κ3) is 5.37. The van der Waals surface area contributed by atoms with Crippen molar-refractivity contribution in [1.29, 1.82) is 0 Å². The van der Waals surface area contributed by atoms with Crippen LogP contribution in [0.1, 0.15) is 31.6 Å². The predicted octanol–water partition coefficient (Wildman–Crippen LogP) is 3.16. The maximum atomic E-state index is 12.3. The van der Waals surface area contributed by atoms with Crippen molar-refractivity contribution in [3.63, 3.8) is 0 Å². The molecule has 8 heteroatoms. The minimum Gasteiger partial charge on any atom is -0.497 e. The number of ether oxygens (including phenoxy) is 1. The molecule has 0 bridgehead atoms. The molecule has 28 heavy (non-hydrogen) atoms. The first-order valence-electron chi connectivity index (χ1n) is 8.77. The van der Waals surface area contributed by atoms with Crippen molar-refractivity contribution in [2.45, 2.75) is 12.8 Å². The number of carbonyl (C=O) groups excluding carboxylic acids is 2. The second-order valence-electron chi connectivity index (χ2n) is 5.94. The summed E-state index contributed by atoms with van der Waals surface area (Å²) in [7, 11) is 1.57. The highest BCUT2D eigenvalue weighted by atomic mass is 32.1. The Kier molecular flexibility index (Phi) is 6.69. The van der Waals surface area contributed by atoms with E-state index in [1.807, 2.05) is 18.2 Å². The predicted molar refractivity (Wildman–Crippen MR) is 108 cm³/mol. The van der Waals surface area contributed by atoms with Crippen molar-refractivity contribution in [3.8, 4) is 5.75 Å². The van der Waals surface area contributed by atoms with E-state index in [1.165, 1.54) is 5.56 Å². The van der Waals surface area contributed by atoms with Crippen LogP contribution in [-0.4, -0.2) is 35.7 Å². The van der Waals surface area contributed by atoms with Gasteiger partial charge in [-0.3, -0.25) is 9.59 Å². The van der Waals surface area contributed by atoms with Gasteiger partial charge >= 0.3 is 0 Å². The third-order valence-corrected chi connectivity index (χ3v) is 4.85. The van der Waals surface area contributed by atoms with E-state index in [0.29, 0.717) is 18.0 Å². The summed E-state index contributed by atoms with van der Waals surface area (Å²) in [5.41, 5.74) is 1.83. The molecule has 0 atom stereocenters. The molecule has 0 radical (unpaired) electrons. The molecule has 0 saturated heterocycles. The van der Waals surface area contributed by atoms with Crippen LogP contribution in [0.2, 0.25) is 0 Å². The highest BCUT2D eigenvalue weighted by Gasteiger charge is 2.17. The third-order valence-electron chi connectivity index (χ3n) is 3.93. The van der Waals surface area contributed by atoms with Gasteiger partial charge in [-0.1, -0.05) is 41.7 Å². The van der Waals surface area contributed by atoms with Gasteiger partial charge in [0.25, 0.3) is 11.8 Å². The number of nitrogens with zero attached hydrogens (tertiary/aromatic N) is 2. The number of benzene rings is 2. The van der Waals surface area contributed by atoms with Crippen LogP contribution < -0.4 is 15.4 Å². The molecule has 7 nitrogen and oxygen atoms in total. The Bertz CT molecular complexity index is 926. The molecular weight excluding hydrogens is 376 g/mol. The molecule has 0 aliphatic carbocycles. The Morgan fingerprint density at radius 3 is 2.32 bits per heavy atom. The SMILES string of the molecule is COc1ccc(NC(=O)c2nnc(C(=O)NCCCc3ccccc3)s2)cc1. The number of aryl methyl sites for hydroxylation is 1. The molecule has 3 rings (SSSR count). The Hall–Kier alpha value is -3.26. The van der Waals surface area contributed by atoms with Crippen molar-refractivity contribution in [1.82, 2.24) is 15.5 Å². The normalized spacial score (nSPS) is 10.3. The van der Waals surface area contributed by atoms with Gasteiger partial charge in [0.15, 0.2) is 0 Å². The van der Waals surface area contributed by atoms with E-state index < -0.39 is 5.91 Å². The zero-order valence-electron chi connectivity index (χ0n) is 15.3. The highest BCUT2D eigenvalue weighted by Crippen LogP contribution is 2.17. The van der Waals surface area contributed by atoms with E-state index in [0.717, 1.165) is 24.2 Å². The summed E-state index contributed by atoms with van der Waals surface area (Å²) in [6, 6.07) is 17.0. The molecule has 2 aromatic carbocycles. The summed E-state index contributed by atoms with van der Waals surface area (Å²) in [6.45, 7) is 0.528. The number of aromatic nitrogens is 2. The van der Waals surface area contributed by atoms with Crippen molar-refractivity contribution in [2.75, 3.05) is 19.0 Å². The van der Waals surface area contributed by atoms with Crippen molar-refractivity contribution in [2.24, 2.45) is 0 Å². The second-order valence-corrected chi connectivity index (χ2v) is 6.92. The zero-order valence-corrected chi connectivity index (χ0v) is 16.2. The fourth-order valence-corrected chi connectivity index (χ4v) is 3.14. The minimum absolute atomic E-state index is 0.130. The summed E-state index contributed by atoms with van der Waals surface area (Å²) in [5.74, 6) is -0.0417.